The van der Waals surface area contributed by atoms with Gasteiger partial charge in [0.2, 0.25) is 15.6 Å². The number of amides is 2. The van der Waals surface area contributed by atoms with Crippen LogP contribution in [-0.2, 0) is 30.8 Å². The Morgan fingerprint density at radius 1 is 0.783 bits per heavy atom. The summed E-state index contributed by atoms with van der Waals surface area (Å²) in [6.07, 6.45) is -12.6. The van der Waals surface area contributed by atoms with Gasteiger partial charge in [-0.05, 0) is 67.7 Å². The molecule has 0 saturated carbocycles. The maximum absolute atomic E-state index is 14.0. The van der Waals surface area contributed by atoms with Gasteiger partial charge in [0.1, 0.15) is 5.82 Å². The summed E-state index contributed by atoms with van der Waals surface area (Å²) < 4.78 is 130. The first-order valence-corrected chi connectivity index (χ1v) is 14.7. The van der Waals surface area contributed by atoms with Gasteiger partial charge in [-0.2, -0.15) is 26.3 Å². The minimum Gasteiger partial charge on any atom is -0.426 e. The smallest absolute Gasteiger partial charge is 0.426 e. The largest absolute Gasteiger partial charge is 0.447 e. The van der Waals surface area contributed by atoms with Gasteiger partial charge in [-0.15, -0.1) is 0 Å². The summed E-state index contributed by atoms with van der Waals surface area (Å²) in [4.78, 5) is 22.5. The first-order valence-electron chi connectivity index (χ1n) is 12.4. The molecular weight excluding hydrogens is 700 g/mol. The van der Waals surface area contributed by atoms with Crippen LogP contribution in [0.1, 0.15) is 11.1 Å². The number of alkyl halides is 6. The number of sulfonamides is 1. The van der Waals surface area contributed by atoms with Crippen molar-refractivity contribution in [3.8, 4) is 0 Å². The summed E-state index contributed by atoms with van der Waals surface area (Å²) in [6.45, 7) is -1.35. The molecule has 3 aromatic rings. The molecule has 2 unspecified atom stereocenters. The molecule has 3 aromatic carbocycles. The first kappa shape index (κ1) is 35.0. The van der Waals surface area contributed by atoms with Crippen molar-refractivity contribution in [1.29, 1.82) is 0 Å². The molecule has 248 valence electrons. The zero-order valence-corrected chi connectivity index (χ0v) is 25.1. The molecule has 0 bridgehead atoms. The van der Waals surface area contributed by atoms with Gasteiger partial charge in [0.25, 0.3) is 5.72 Å². The number of hydrogen-bond acceptors (Lipinski definition) is 7. The van der Waals surface area contributed by atoms with Gasteiger partial charge in [0, 0.05) is 21.2 Å². The molecule has 5 rings (SSSR count). The number of cyclic esters (lactones) is 2. The number of benzene rings is 3. The maximum Gasteiger partial charge on any atom is 0.447 e. The predicted octanol–water partition coefficient (Wildman–Crippen LogP) is 6.61. The zero-order chi connectivity index (χ0) is 34.3. The van der Waals surface area contributed by atoms with Crippen LogP contribution < -0.4 is 20.7 Å². The molecule has 10 nitrogen and oxygen atoms in total. The Kier molecular flexibility index (Phi) is 9.44. The second kappa shape index (κ2) is 12.4. The third-order valence-corrected chi connectivity index (χ3v) is 8.50. The van der Waals surface area contributed by atoms with E-state index in [-0.39, 0.29) is 27.0 Å². The number of fused-ring (bicyclic) bond motifs is 2. The monoisotopic (exact) mass is 718 g/mol. The molecule has 2 aliphatic rings. The molecule has 2 amide bonds. The Morgan fingerprint density at radius 2 is 1.28 bits per heavy atom. The standard InChI is InChI=1S/C16H11ClF4N2O4S.C10H8ClF3N2O2/c17-9-1-6-13-12(7-9)15(16(19,20)21,27-14(24)23-13)8-22-28(25,26)11-4-2-10(18)3-5-11;1-15-9(10(12,13)14)6-4-5(11)2-3-7(6)16-8(17)18-9/h1-7,22H,8H2,(H,23,24);2-4,15H,1H3,(H,16,17). The molecule has 4 N–H and O–H groups in total. The third-order valence-electron chi connectivity index (χ3n) is 6.61. The predicted molar refractivity (Wildman–Crippen MR) is 149 cm³/mol. The van der Waals surface area contributed by atoms with E-state index < -0.39 is 68.7 Å². The summed E-state index contributed by atoms with van der Waals surface area (Å²) in [7, 11) is -3.41. The lowest BCUT2D eigenvalue weighted by Crippen LogP contribution is -2.58. The van der Waals surface area contributed by atoms with Crippen molar-refractivity contribution in [2.24, 2.45) is 0 Å². The summed E-state index contributed by atoms with van der Waals surface area (Å²) in [5.41, 5.74) is -7.28. The van der Waals surface area contributed by atoms with Gasteiger partial charge < -0.3 is 9.47 Å². The number of hydrogen-bond donors (Lipinski definition) is 4. The van der Waals surface area contributed by atoms with Crippen molar-refractivity contribution in [3.05, 3.63) is 87.7 Å². The Balaban J connectivity index is 0.000000230. The van der Waals surface area contributed by atoms with Crippen LogP contribution in [-0.4, -0.2) is 46.5 Å². The van der Waals surface area contributed by atoms with Crippen molar-refractivity contribution < 1.29 is 58.2 Å². The quantitative estimate of drug-likeness (QED) is 0.218. The summed E-state index contributed by atoms with van der Waals surface area (Å²) in [5, 5.41) is 6.34. The van der Waals surface area contributed by atoms with E-state index in [1.54, 1.807) is 4.72 Å². The van der Waals surface area contributed by atoms with Crippen LogP contribution >= 0.6 is 23.2 Å². The van der Waals surface area contributed by atoms with E-state index in [9.17, 15) is 48.7 Å². The van der Waals surface area contributed by atoms with Crippen LogP contribution in [0.15, 0.2) is 65.6 Å². The topological polar surface area (TPSA) is 135 Å². The molecule has 0 fully saturated rings. The molecule has 2 atom stereocenters. The number of rotatable bonds is 5. The van der Waals surface area contributed by atoms with Crippen LogP contribution in [0.5, 0.6) is 0 Å². The fraction of sp³-hybridized carbons (Fsp3) is 0.231. The van der Waals surface area contributed by atoms with Crippen LogP contribution in [0.3, 0.4) is 0 Å². The Hall–Kier alpha value is -3.84. The minimum absolute atomic E-state index is 0.00215. The van der Waals surface area contributed by atoms with Crippen LogP contribution in [0.25, 0.3) is 0 Å². The molecule has 0 aliphatic carbocycles. The molecular formula is C26H19Cl2F7N4O6S. The van der Waals surface area contributed by atoms with E-state index in [1.165, 1.54) is 18.2 Å². The third kappa shape index (κ3) is 6.66. The normalized spacial score (nSPS) is 20.9. The van der Waals surface area contributed by atoms with E-state index in [1.807, 2.05) is 5.32 Å². The van der Waals surface area contributed by atoms with Gasteiger partial charge in [0.15, 0.2) is 0 Å². The highest BCUT2D eigenvalue weighted by atomic mass is 35.5. The van der Waals surface area contributed by atoms with Crippen molar-refractivity contribution in [2.45, 2.75) is 28.6 Å². The maximum atomic E-state index is 14.0. The molecule has 2 aliphatic heterocycles. The highest BCUT2D eigenvalue weighted by molar-refractivity contribution is 7.89. The summed E-state index contributed by atoms with van der Waals surface area (Å²) >= 11 is 11.5. The number of nitrogens with one attached hydrogen (secondary N) is 4. The number of anilines is 2. The lowest BCUT2D eigenvalue weighted by Gasteiger charge is -2.39. The zero-order valence-electron chi connectivity index (χ0n) is 22.7. The highest BCUT2D eigenvalue weighted by Crippen LogP contribution is 2.48. The molecule has 2 heterocycles. The Bertz CT molecular complexity index is 1780. The molecule has 20 heteroatoms. The first-order chi connectivity index (χ1) is 21.2. The van der Waals surface area contributed by atoms with Gasteiger partial charge in [-0.3, -0.25) is 16.0 Å². The van der Waals surface area contributed by atoms with Crippen molar-refractivity contribution >= 4 is 56.8 Å². The van der Waals surface area contributed by atoms with Crippen LogP contribution in [0, 0.1) is 5.82 Å². The van der Waals surface area contributed by atoms with Crippen molar-refractivity contribution in [2.75, 3.05) is 24.2 Å². The average Bonchev–Trinajstić information content (AvgIpc) is 2.95. The Labute approximate surface area is 265 Å². The lowest BCUT2D eigenvalue weighted by molar-refractivity contribution is -0.275. The second-order valence-electron chi connectivity index (χ2n) is 9.44. The number of carbonyl (C=O) groups is 2. The van der Waals surface area contributed by atoms with E-state index in [0.717, 1.165) is 49.5 Å². The van der Waals surface area contributed by atoms with Gasteiger partial charge in [-0.25, -0.2) is 27.1 Å². The SMILES string of the molecule is CNC1(C(F)(F)F)OC(=O)Nc2ccc(Cl)cc21.O=C1Nc2ccc(Cl)cc2C(CNS(=O)(=O)c2ccc(F)cc2)(C(F)(F)F)O1. The van der Waals surface area contributed by atoms with Crippen molar-refractivity contribution in [1.82, 2.24) is 10.0 Å². The van der Waals surface area contributed by atoms with E-state index >= 15 is 0 Å². The summed E-state index contributed by atoms with van der Waals surface area (Å²) in [5.74, 6) is -0.721. The molecule has 0 spiro atoms. The van der Waals surface area contributed by atoms with E-state index in [2.05, 4.69) is 20.1 Å². The van der Waals surface area contributed by atoms with Crippen LogP contribution in [0.2, 0.25) is 10.0 Å². The average molecular weight is 719 g/mol. The van der Waals surface area contributed by atoms with Gasteiger partial charge >= 0.3 is 24.5 Å². The second-order valence-corrected chi connectivity index (χ2v) is 12.1. The molecule has 0 radical (unpaired) electrons. The molecule has 46 heavy (non-hydrogen) atoms. The van der Waals surface area contributed by atoms with E-state index in [4.69, 9.17) is 23.2 Å². The van der Waals surface area contributed by atoms with E-state index in [0.29, 0.717) is 0 Å². The van der Waals surface area contributed by atoms with Gasteiger partial charge in [0.05, 0.1) is 22.8 Å². The Morgan fingerprint density at radius 3 is 1.78 bits per heavy atom. The van der Waals surface area contributed by atoms with Crippen molar-refractivity contribution in [3.63, 3.8) is 0 Å². The fourth-order valence-electron chi connectivity index (χ4n) is 4.43. The molecule has 0 aromatic heterocycles. The lowest BCUT2D eigenvalue weighted by atomic mass is 9.90. The number of ether oxygens (including phenoxy) is 2. The van der Waals surface area contributed by atoms with Crippen LogP contribution in [0.4, 0.5) is 51.7 Å². The molecule has 0 saturated heterocycles. The number of halogens is 9. The summed E-state index contributed by atoms with van der Waals surface area (Å²) in [6, 6.07) is 10.5. The van der Waals surface area contributed by atoms with Gasteiger partial charge in [-0.1, -0.05) is 23.2 Å². The fourth-order valence-corrected chi connectivity index (χ4v) is 5.83. The number of carbonyl (C=O) groups excluding carboxylic acids is 2. The minimum atomic E-state index is -5.19. The highest BCUT2D eigenvalue weighted by Gasteiger charge is 2.63.